The van der Waals surface area contributed by atoms with E-state index < -0.39 is 5.82 Å². The number of aromatic amines is 1. The van der Waals surface area contributed by atoms with Gasteiger partial charge in [0.15, 0.2) is 5.65 Å². The zero-order valence-electron chi connectivity index (χ0n) is 20.7. The van der Waals surface area contributed by atoms with Crippen LogP contribution in [0.2, 0.25) is 0 Å². The Morgan fingerprint density at radius 2 is 2.03 bits per heavy atom. The summed E-state index contributed by atoms with van der Waals surface area (Å²) in [5, 5.41) is 17.1. The number of nitrogens with zero attached hydrogens (tertiary/aromatic N) is 6. The first-order chi connectivity index (χ1) is 17.7. The van der Waals surface area contributed by atoms with Crippen molar-refractivity contribution < 1.29 is 18.8 Å². The van der Waals surface area contributed by atoms with Crippen LogP contribution in [0.5, 0.6) is 0 Å². The minimum Gasteiger partial charge on any atom is -0.394 e. The van der Waals surface area contributed by atoms with Gasteiger partial charge >= 0.3 is 0 Å². The second-order valence-corrected chi connectivity index (χ2v) is 9.76. The van der Waals surface area contributed by atoms with Crippen LogP contribution in [0.4, 0.5) is 4.39 Å². The number of rotatable bonds is 8. The average molecular weight is 504 g/mol. The van der Waals surface area contributed by atoms with Gasteiger partial charge in [-0.3, -0.25) is 9.48 Å². The minimum absolute atomic E-state index is 0.0121. The number of aryl methyl sites for hydroxylation is 1. The molecule has 1 aromatic carbocycles. The summed E-state index contributed by atoms with van der Waals surface area (Å²) in [6, 6.07) is 6.72. The quantitative estimate of drug-likeness (QED) is 0.302. The largest absolute Gasteiger partial charge is 0.394 e. The maximum Gasteiger partial charge on any atom is 0.238 e. The molecule has 10 nitrogen and oxygen atoms in total. The number of benzene rings is 1. The maximum atomic E-state index is 15.1. The van der Waals surface area contributed by atoms with E-state index in [0.717, 1.165) is 11.1 Å². The highest BCUT2D eigenvalue weighted by Gasteiger charge is 2.24. The van der Waals surface area contributed by atoms with Crippen molar-refractivity contribution in [3.8, 4) is 22.5 Å². The van der Waals surface area contributed by atoms with Gasteiger partial charge in [-0.1, -0.05) is 38.1 Å². The molecular weight excluding hydrogens is 477 g/mol. The Balaban J connectivity index is 1.35. The SMILES string of the molecule is CC(C)(C)c1nc(C(=O)CCc2ccc(-c3ccnc4nc(-c5cnn(CCO)c5)[nH]c34)cc2F)no1. The molecule has 0 saturated carbocycles. The molecule has 0 saturated heterocycles. The number of carbonyl (C=O) groups excluding carboxylic acids is 1. The van der Waals surface area contributed by atoms with Crippen LogP contribution in [0.25, 0.3) is 33.7 Å². The molecular formula is C26H26FN7O3. The number of aromatic nitrogens is 7. The summed E-state index contributed by atoms with van der Waals surface area (Å²) in [5.41, 5.74) is 3.37. The van der Waals surface area contributed by atoms with Crippen molar-refractivity contribution in [3.05, 3.63) is 66.0 Å². The van der Waals surface area contributed by atoms with Gasteiger partial charge < -0.3 is 14.6 Å². The van der Waals surface area contributed by atoms with Crippen LogP contribution in [0.3, 0.4) is 0 Å². The van der Waals surface area contributed by atoms with E-state index in [2.05, 4.69) is 30.2 Å². The Morgan fingerprint density at radius 1 is 1.19 bits per heavy atom. The highest BCUT2D eigenvalue weighted by atomic mass is 19.1. The van der Waals surface area contributed by atoms with E-state index in [1.54, 1.807) is 35.4 Å². The van der Waals surface area contributed by atoms with Crippen molar-refractivity contribution in [2.45, 2.75) is 45.6 Å². The Hall–Kier alpha value is -4.25. The van der Waals surface area contributed by atoms with Crippen LogP contribution in [-0.4, -0.2) is 52.4 Å². The standard InChI is InChI=1S/C26H26FN7O3/c1-26(2,3)25-32-23(33-37-25)20(36)7-6-15-4-5-16(12-19(15)27)18-8-9-28-24-21(18)30-22(31-24)17-13-29-34(14-17)10-11-35/h4-5,8-9,12-14,35H,6-7,10-11H2,1-3H3,(H,28,30,31). The summed E-state index contributed by atoms with van der Waals surface area (Å²) in [4.78, 5) is 28.8. The van der Waals surface area contributed by atoms with Crippen LogP contribution in [0.15, 0.2) is 47.4 Å². The molecule has 0 bridgehead atoms. The number of Topliss-reactive ketones (excluding diaryl/α,β-unsaturated/α-hetero) is 1. The van der Waals surface area contributed by atoms with Crippen LogP contribution in [0.1, 0.15) is 49.3 Å². The average Bonchev–Trinajstić information content (AvgIpc) is 3.62. The molecule has 190 valence electrons. The van der Waals surface area contributed by atoms with Crippen molar-refractivity contribution in [2.75, 3.05) is 6.61 Å². The van der Waals surface area contributed by atoms with E-state index in [9.17, 15) is 4.79 Å². The van der Waals surface area contributed by atoms with E-state index in [0.29, 0.717) is 40.6 Å². The molecule has 0 fully saturated rings. The number of H-pyrrole nitrogens is 1. The number of fused-ring (bicyclic) bond motifs is 1. The van der Waals surface area contributed by atoms with Gasteiger partial charge in [-0.15, -0.1) is 0 Å². The number of hydrogen-bond donors (Lipinski definition) is 2. The molecule has 0 unspecified atom stereocenters. The number of pyridine rings is 1. The fraction of sp³-hybridized carbons (Fsp3) is 0.308. The lowest BCUT2D eigenvalue weighted by Gasteiger charge is -2.10. The fourth-order valence-electron chi connectivity index (χ4n) is 3.92. The summed E-state index contributed by atoms with van der Waals surface area (Å²) in [7, 11) is 0. The van der Waals surface area contributed by atoms with Crippen LogP contribution in [-0.2, 0) is 18.4 Å². The summed E-state index contributed by atoms with van der Waals surface area (Å²) in [6.45, 7) is 6.11. The summed E-state index contributed by atoms with van der Waals surface area (Å²) in [5.74, 6) is 0.259. The van der Waals surface area contributed by atoms with E-state index in [1.807, 2.05) is 26.8 Å². The topological polar surface area (TPSA) is 136 Å². The summed E-state index contributed by atoms with van der Waals surface area (Å²) < 4.78 is 21.9. The van der Waals surface area contributed by atoms with Gasteiger partial charge in [0.2, 0.25) is 17.5 Å². The van der Waals surface area contributed by atoms with E-state index >= 15 is 4.39 Å². The lowest BCUT2D eigenvalue weighted by molar-refractivity contribution is 0.0969. The monoisotopic (exact) mass is 503 g/mol. The number of imidazole rings is 1. The van der Waals surface area contributed by atoms with Crippen LogP contribution >= 0.6 is 0 Å². The lowest BCUT2D eigenvalue weighted by Crippen LogP contribution is -2.12. The molecule has 11 heteroatoms. The van der Waals surface area contributed by atoms with Gasteiger partial charge in [-0.2, -0.15) is 10.1 Å². The van der Waals surface area contributed by atoms with Gasteiger partial charge in [-0.05, 0) is 29.7 Å². The molecule has 5 rings (SSSR count). The molecule has 0 aliphatic heterocycles. The molecule has 0 radical (unpaired) electrons. The third-order valence-electron chi connectivity index (χ3n) is 5.93. The third-order valence-corrected chi connectivity index (χ3v) is 5.93. The second-order valence-electron chi connectivity index (χ2n) is 9.76. The molecule has 2 N–H and O–H groups in total. The second kappa shape index (κ2) is 9.66. The maximum absolute atomic E-state index is 15.1. The highest BCUT2D eigenvalue weighted by molar-refractivity contribution is 5.93. The Kier molecular flexibility index (Phi) is 6.38. The van der Waals surface area contributed by atoms with Gasteiger partial charge in [0.05, 0.1) is 30.4 Å². The van der Waals surface area contributed by atoms with Crippen molar-refractivity contribution in [2.24, 2.45) is 0 Å². The number of nitrogens with one attached hydrogen (secondary N) is 1. The predicted molar refractivity (Wildman–Crippen MR) is 133 cm³/mol. The summed E-state index contributed by atoms with van der Waals surface area (Å²) in [6.07, 6.45) is 5.33. The van der Waals surface area contributed by atoms with E-state index in [1.165, 1.54) is 6.07 Å². The van der Waals surface area contributed by atoms with Crippen molar-refractivity contribution in [1.82, 2.24) is 34.9 Å². The Morgan fingerprint density at radius 3 is 2.76 bits per heavy atom. The first-order valence-corrected chi connectivity index (χ1v) is 11.9. The van der Waals surface area contributed by atoms with Gasteiger partial charge in [0, 0.05) is 29.8 Å². The number of halogens is 1. The van der Waals surface area contributed by atoms with Crippen LogP contribution in [0, 0.1) is 5.82 Å². The first-order valence-electron chi connectivity index (χ1n) is 11.9. The van der Waals surface area contributed by atoms with E-state index in [-0.39, 0.29) is 36.5 Å². The fourth-order valence-corrected chi connectivity index (χ4v) is 3.92. The van der Waals surface area contributed by atoms with Crippen molar-refractivity contribution in [1.29, 1.82) is 0 Å². The minimum atomic E-state index is -0.413. The molecule has 5 aromatic rings. The van der Waals surface area contributed by atoms with E-state index in [4.69, 9.17) is 9.63 Å². The van der Waals surface area contributed by atoms with Gasteiger partial charge in [-0.25, -0.2) is 14.4 Å². The molecule has 0 aliphatic rings. The first kappa shape index (κ1) is 24.4. The molecule has 37 heavy (non-hydrogen) atoms. The normalized spacial score (nSPS) is 11.9. The molecule has 0 spiro atoms. The highest BCUT2D eigenvalue weighted by Crippen LogP contribution is 2.30. The third kappa shape index (κ3) is 5.03. The molecule has 4 heterocycles. The molecule has 0 aliphatic carbocycles. The number of carbonyl (C=O) groups is 1. The van der Waals surface area contributed by atoms with Gasteiger partial charge in [0.25, 0.3) is 0 Å². The van der Waals surface area contributed by atoms with Gasteiger partial charge in [0.1, 0.15) is 11.6 Å². The summed E-state index contributed by atoms with van der Waals surface area (Å²) >= 11 is 0. The molecule has 4 aromatic heterocycles. The number of aliphatic hydroxyl groups excluding tert-OH is 1. The van der Waals surface area contributed by atoms with Crippen molar-refractivity contribution in [3.63, 3.8) is 0 Å². The Bertz CT molecular complexity index is 1580. The number of aliphatic hydroxyl groups is 1. The Labute approximate surface area is 211 Å². The van der Waals surface area contributed by atoms with Crippen molar-refractivity contribution >= 4 is 16.9 Å². The zero-order valence-corrected chi connectivity index (χ0v) is 20.7. The predicted octanol–water partition coefficient (Wildman–Crippen LogP) is 4.12. The number of hydrogen-bond acceptors (Lipinski definition) is 8. The smallest absolute Gasteiger partial charge is 0.238 e. The lowest BCUT2D eigenvalue weighted by atomic mass is 9.97. The molecule has 0 amide bonds. The number of ketones is 1. The van der Waals surface area contributed by atoms with Crippen LogP contribution < -0.4 is 0 Å². The molecule has 0 atom stereocenters. The zero-order chi connectivity index (χ0) is 26.2.